The lowest BCUT2D eigenvalue weighted by molar-refractivity contribution is -0.124. The minimum Gasteiger partial charge on any atom is -0.478 e. The fraction of sp³-hybridized carbons (Fsp3) is 0.607. The molecule has 0 fully saturated rings. The van der Waals surface area contributed by atoms with E-state index in [9.17, 15) is 47.9 Å². The Hall–Kier alpha value is -8.54. The summed E-state index contributed by atoms with van der Waals surface area (Å²) in [6, 6.07) is 30.9. The molecule has 8 atom stereocenters. The van der Waals surface area contributed by atoms with Gasteiger partial charge in [0.15, 0.2) is 0 Å². The molecule has 0 saturated heterocycles. The second-order valence-corrected chi connectivity index (χ2v) is 34.2. The molecular formula is C117H215N9O11. The summed E-state index contributed by atoms with van der Waals surface area (Å²) in [5, 5.41) is 36.3. The van der Waals surface area contributed by atoms with E-state index in [1.807, 2.05) is 139 Å². The maximum Gasteiger partial charge on any atom is 0.335 e. The van der Waals surface area contributed by atoms with E-state index in [1.54, 1.807) is 86.7 Å². The number of hydrogen-bond donors (Lipinski definition) is 10. The zero-order chi connectivity index (χ0) is 98.9. The fourth-order valence-corrected chi connectivity index (χ4v) is 13.3. The van der Waals surface area contributed by atoms with E-state index in [-0.39, 0.29) is 176 Å². The summed E-state index contributed by atoms with van der Waals surface area (Å²) in [5.74, 6) is 0.810. The molecule has 0 aliphatic rings. The second kappa shape index (κ2) is 95.0. The first kappa shape index (κ1) is 159. The monoisotopic (exact) mass is 1920 g/mol. The van der Waals surface area contributed by atoms with Crippen LogP contribution in [-0.4, -0.2) is 178 Å². The van der Waals surface area contributed by atoms with Crippen LogP contribution in [0.1, 0.15) is 360 Å². The molecule has 0 bridgehead atoms. The van der Waals surface area contributed by atoms with Crippen LogP contribution in [-0.2, 0) is 68.8 Å². The van der Waals surface area contributed by atoms with Gasteiger partial charge in [0.05, 0.1) is 57.4 Å². The first-order valence-electron chi connectivity index (χ1n) is 46.2. The highest BCUT2D eigenvalue weighted by atomic mass is 16.4. The van der Waals surface area contributed by atoms with Crippen molar-refractivity contribution in [2.45, 2.75) is 409 Å². The summed E-state index contributed by atoms with van der Waals surface area (Å²) in [6.07, 6.45) is 39.6. The van der Waals surface area contributed by atoms with E-state index < -0.39 is 5.97 Å². The van der Waals surface area contributed by atoms with Crippen molar-refractivity contribution in [1.82, 2.24) is 47.9 Å². The lowest BCUT2D eigenvalue weighted by Gasteiger charge is -2.31. The first-order valence-corrected chi connectivity index (χ1v) is 46.2. The average molecular weight is 1920 g/mol. The Balaban J connectivity index is -0.000000103. The number of carbonyl (C=O) groups excluding carboxylic acids is 9. The van der Waals surface area contributed by atoms with Crippen LogP contribution < -0.4 is 47.9 Å². The molecule has 0 heterocycles. The van der Waals surface area contributed by atoms with Crippen molar-refractivity contribution in [3.05, 3.63) is 217 Å². The van der Waals surface area contributed by atoms with Gasteiger partial charge < -0.3 is 53.0 Å². The molecule has 4 aromatic carbocycles. The second-order valence-electron chi connectivity index (χ2n) is 34.2. The third-order valence-corrected chi connectivity index (χ3v) is 24.1. The van der Waals surface area contributed by atoms with Gasteiger partial charge in [-0.1, -0.05) is 238 Å². The van der Waals surface area contributed by atoms with Crippen molar-refractivity contribution >= 4 is 58.0 Å². The van der Waals surface area contributed by atoms with E-state index in [2.05, 4.69) is 163 Å². The number of nitrogens with one attached hydrogen (secondary N) is 9. The Morgan fingerprint density at radius 1 is 0.299 bits per heavy atom. The van der Waals surface area contributed by atoms with E-state index >= 15 is 0 Å². The van der Waals surface area contributed by atoms with E-state index in [0.29, 0.717) is 6.42 Å². The zero-order valence-electron chi connectivity index (χ0n) is 84.6. The van der Waals surface area contributed by atoms with Crippen LogP contribution in [0.2, 0.25) is 0 Å². The molecule has 0 amide bonds. The number of likely N-dealkylation sites (N-methyl/N-ethyl adjacent to an activating group) is 9. The summed E-state index contributed by atoms with van der Waals surface area (Å²) >= 11 is 0. The molecule has 0 unspecified atom stereocenters. The molecule has 0 saturated carbocycles. The van der Waals surface area contributed by atoms with Gasteiger partial charge in [-0.25, -0.2) is 4.79 Å². The standard InChI is InChI=1S/C14H25NO.2C13H25NO.C12H15NO3.3C12H17NO.2C10H19NO.9CH4/c1-5-7-9-11-14(15-4,13(3)16)12-10-8-6-2;2*1-5-6-7-8-9-10-11-13(3,14-4)12(2)15;1-8(14)11(13-2)7-9-3-5-10(6-4-9)12(15)16;1-9-4-6-11(7-5-9)8-12(13-3)10(2)14;1-9-5-4-6-11(7-9)8-12(13-3)10(2)14;1-9-6-4-5-7-11(9)8-12(13-3)10(2)14;2*1-5-6-7-8-10(3,11-4)9(2)12;;;;;;;;;/h5-6,15H,1-2,7-12H2,3-4H3;2*5,14H,1,6-11H2,2-4H3;3-6,11,13H,7H2,1-2H3,(H,15,16);3*4-7,12-13H,8H2,1-3H3;2*5,11H,1,6-8H2,2-4H3;9*1H4/t;2*13-;11-;3*12-;2*10-;;;;;;;;;/m.10000010........./s1. The molecule has 4 aromatic rings. The van der Waals surface area contributed by atoms with Crippen LogP contribution in [0.3, 0.4) is 0 Å². The van der Waals surface area contributed by atoms with Crippen LogP contribution in [0.25, 0.3) is 0 Å². The SMILES string of the molecule is C.C.C.C.C.C.C.C.C.C=CCCCC(CCCC=C)(NC)C(C)=O.C=CCCCCCC[C@@](C)(NC)C(C)=O.C=CCCCCCC[C@](C)(NC)C(C)=O.C=CCCC[C@@](C)(NC)C(C)=O.C=CCCC[C@](C)(NC)C(C)=O.CN[C@@H](Cc1ccc(C(=O)O)cc1)C(C)=O.CN[C@@H](Cc1ccc(C)cc1)C(C)=O.CN[C@@H](Cc1cccc(C)c1)C(C)=O.CN[C@@H](Cc1ccccc1C)C(C)=O. The predicted octanol–water partition coefficient (Wildman–Crippen LogP) is 25.2. The molecule has 20 heteroatoms. The van der Waals surface area contributed by atoms with Gasteiger partial charge in [-0.2, -0.15) is 0 Å². The third-order valence-electron chi connectivity index (χ3n) is 24.1. The fourth-order valence-electron chi connectivity index (χ4n) is 13.3. The van der Waals surface area contributed by atoms with Crippen LogP contribution in [0.5, 0.6) is 0 Å². The largest absolute Gasteiger partial charge is 0.478 e. The minimum atomic E-state index is -0.941. The van der Waals surface area contributed by atoms with E-state index in [4.69, 9.17) is 5.11 Å². The van der Waals surface area contributed by atoms with Crippen molar-refractivity contribution in [2.24, 2.45) is 0 Å². The van der Waals surface area contributed by atoms with Crippen molar-refractivity contribution in [3.63, 3.8) is 0 Å². The summed E-state index contributed by atoms with van der Waals surface area (Å²) in [5.41, 5.74) is 6.90. The topological polar surface area (TPSA) is 299 Å². The van der Waals surface area contributed by atoms with Crippen LogP contribution >= 0.6 is 0 Å². The molecule has 0 aliphatic heterocycles. The van der Waals surface area contributed by atoms with Crippen LogP contribution in [0.15, 0.2) is 173 Å². The molecule has 0 aliphatic carbocycles. The Labute approximate surface area is 844 Å². The van der Waals surface area contributed by atoms with Gasteiger partial charge in [-0.05, 0) is 355 Å². The number of hydrogen-bond acceptors (Lipinski definition) is 19. The number of aromatic carboxylic acids is 1. The molecule has 794 valence electrons. The van der Waals surface area contributed by atoms with Crippen molar-refractivity contribution < 1.29 is 53.1 Å². The number of carboxylic acid groups (broad SMARTS) is 1. The molecular weight excluding hydrogens is 1710 g/mol. The molecule has 137 heavy (non-hydrogen) atoms. The van der Waals surface area contributed by atoms with Gasteiger partial charge >= 0.3 is 5.97 Å². The van der Waals surface area contributed by atoms with Gasteiger partial charge in [0.1, 0.15) is 52.0 Å². The number of ketones is 9. The van der Waals surface area contributed by atoms with Gasteiger partial charge in [0, 0.05) is 0 Å². The van der Waals surface area contributed by atoms with Crippen molar-refractivity contribution in [3.8, 4) is 0 Å². The maximum atomic E-state index is 11.8. The van der Waals surface area contributed by atoms with E-state index in [0.717, 1.165) is 140 Å². The highest BCUT2D eigenvalue weighted by Crippen LogP contribution is 2.24. The maximum absolute atomic E-state index is 11.8. The number of allylic oxidation sites excluding steroid dienone is 6. The molecule has 4 rings (SSSR count). The lowest BCUT2D eigenvalue weighted by Crippen LogP contribution is -2.49. The minimum absolute atomic E-state index is 0. The van der Waals surface area contributed by atoms with Gasteiger partial charge in [-0.3, -0.25) is 43.2 Å². The predicted molar refractivity (Wildman–Crippen MR) is 603 cm³/mol. The summed E-state index contributed by atoms with van der Waals surface area (Å²) < 4.78 is 0. The number of unbranched alkanes of at least 4 members (excludes halogenated alkanes) is 12. The summed E-state index contributed by atoms with van der Waals surface area (Å²) in [6.45, 7) is 50.8. The Morgan fingerprint density at radius 3 is 0.825 bits per heavy atom. The smallest absolute Gasteiger partial charge is 0.335 e. The third kappa shape index (κ3) is 75.1. The van der Waals surface area contributed by atoms with Crippen molar-refractivity contribution in [1.29, 1.82) is 0 Å². The molecule has 0 radical (unpaired) electrons. The average Bonchev–Trinajstić information content (AvgIpc) is 0.844. The quantitative estimate of drug-likeness (QED) is 0.0145. The van der Waals surface area contributed by atoms with Crippen LogP contribution in [0, 0.1) is 20.8 Å². The van der Waals surface area contributed by atoms with Crippen LogP contribution in [0.4, 0.5) is 0 Å². The number of carboxylic acids is 1. The van der Waals surface area contributed by atoms with Gasteiger partial charge in [-0.15, -0.1) is 39.5 Å². The van der Waals surface area contributed by atoms with Crippen molar-refractivity contribution in [2.75, 3.05) is 63.4 Å². The molecule has 20 nitrogen and oxygen atoms in total. The Kier molecular flexibility index (Phi) is 110. The number of rotatable bonds is 57. The number of carbonyl (C=O) groups is 10. The first-order chi connectivity index (χ1) is 60.3. The van der Waals surface area contributed by atoms with Gasteiger partial charge in [0.25, 0.3) is 0 Å². The number of benzene rings is 4. The molecule has 0 aromatic heterocycles. The van der Waals surface area contributed by atoms with Gasteiger partial charge in [0.2, 0.25) is 0 Å². The molecule has 10 N–H and O–H groups in total. The Bertz CT molecular complexity index is 3720. The number of Topliss-reactive ketones (excluding diaryl/α,β-unsaturated/α-hetero) is 9. The number of aryl methyl sites for hydroxylation is 3. The Morgan fingerprint density at radius 2 is 0.569 bits per heavy atom. The highest BCUT2D eigenvalue weighted by molar-refractivity contribution is 5.89. The van der Waals surface area contributed by atoms with E-state index in [1.165, 1.54) is 78.8 Å². The normalized spacial score (nSPS) is 12.4. The summed E-state index contributed by atoms with van der Waals surface area (Å²) in [7, 11) is 16.5. The highest BCUT2D eigenvalue weighted by Gasteiger charge is 2.33. The zero-order valence-corrected chi connectivity index (χ0v) is 84.6. The lowest BCUT2D eigenvalue weighted by atomic mass is 9.84. The summed E-state index contributed by atoms with van der Waals surface area (Å²) in [4.78, 5) is 112. The molecule has 0 spiro atoms.